The summed E-state index contributed by atoms with van der Waals surface area (Å²) in [5.41, 5.74) is 1.72. The molecule has 0 aromatic heterocycles. The monoisotopic (exact) mass is 816 g/mol. The van der Waals surface area contributed by atoms with E-state index in [1.54, 1.807) is 11.8 Å². The highest BCUT2D eigenvalue weighted by Gasteiger charge is 2.26. The molecule has 58 heavy (non-hydrogen) atoms. The molecule has 9 aromatic rings. The predicted octanol–water partition coefficient (Wildman–Crippen LogP) is 15.0. The normalized spacial score (nSPS) is 11.4. The molecule has 9 rings (SSSR count). The Morgan fingerprint density at radius 1 is 0.397 bits per heavy atom. The molecule has 0 fully saturated rings. The number of aryl methyl sites for hydroxylation is 1. The Bertz CT molecular complexity index is 2720. The number of fused-ring (bicyclic) bond motifs is 4. The van der Waals surface area contributed by atoms with Crippen molar-refractivity contribution < 1.29 is 27.1 Å². The Hall–Kier alpha value is -5.81. The maximum absolute atomic E-state index is 6.83. The van der Waals surface area contributed by atoms with Gasteiger partial charge in [-0.05, 0) is 122 Å². The van der Waals surface area contributed by atoms with Gasteiger partial charge in [-0.25, -0.2) is 0 Å². The average molecular weight is 817 g/mol. The van der Waals surface area contributed by atoms with Gasteiger partial charge in [0, 0.05) is 10.5 Å². The zero-order valence-electron chi connectivity index (χ0n) is 31.8. The molecule has 0 unspecified atom stereocenters. The summed E-state index contributed by atoms with van der Waals surface area (Å²) in [6.07, 6.45) is 2.05. The third-order valence-corrected chi connectivity index (χ3v) is 12.5. The number of benzene rings is 9. The van der Waals surface area contributed by atoms with Crippen LogP contribution in [0.1, 0.15) is 11.1 Å². The average Bonchev–Trinajstić information content (AvgIpc) is 3.26. The second kappa shape index (κ2) is 17.4. The highest BCUT2D eigenvalue weighted by atomic mass is 32.2. The molecule has 6 nitrogen and oxygen atoms in total. The summed E-state index contributed by atoms with van der Waals surface area (Å²) >= 11 is 1.65. The van der Waals surface area contributed by atoms with Gasteiger partial charge in [0.25, 0.3) is 0 Å². The van der Waals surface area contributed by atoms with Gasteiger partial charge in [-0.3, -0.25) is 4.52 Å². The zero-order valence-corrected chi connectivity index (χ0v) is 34.4. The van der Waals surface area contributed by atoms with Crippen LogP contribution in [0.15, 0.2) is 187 Å². The quantitative estimate of drug-likeness (QED) is 0.0800. The minimum atomic E-state index is -2.01. The Labute approximate surface area is 344 Å². The largest absolute Gasteiger partial charge is 0.530 e. The van der Waals surface area contributed by atoms with Gasteiger partial charge < -0.3 is 22.6 Å². The summed E-state index contributed by atoms with van der Waals surface area (Å²) in [7, 11) is -3.94. The van der Waals surface area contributed by atoms with Crippen molar-refractivity contribution in [3.05, 3.63) is 193 Å². The zero-order chi connectivity index (χ0) is 39.3. The van der Waals surface area contributed by atoms with Gasteiger partial charge in [-0.15, -0.1) is 11.8 Å². The van der Waals surface area contributed by atoms with Crippen LogP contribution in [0.2, 0.25) is 0 Å². The molecule has 9 aromatic carbocycles. The summed E-state index contributed by atoms with van der Waals surface area (Å²) in [6.45, 7) is 2.16. The van der Waals surface area contributed by atoms with E-state index in [1.807, 2.05) is 128 Å². The Morgan fingerprint density at radius 2 is 0.759 bits per heavy atom. The Balaban J connectivity index is 1.04. The fourth-order valence-electron chi connectivity index (χ4n) is 6.73. The maximum Gasteiger partial charge on any atom is 0.530 e. The number of hydrogen-bond donors (Lipinski definition) is 0. The maximum atomic E-state index is 6.83. The van der Waals surface area contributed by atoms with E-state index in [-0.39, 0.29) is 6.61 Å². The smallest absolute Gasteiger partial charge is 0.418 e. The predicted molar refractivity (Wildman–Crippen MR) is 241 cm³/mol. The van der Waals surface area contributed by atoms with Crippen LogP contribution in [-0.2, 0) is 11.1 Å². The van der Waals surface area contributed by atoms with E-state index < -0.39 is 17.2 Å². The molecule has 0 heterocycles. The van der Waals surface area contributed by atoms with Crippen LogP contribution in [0.4, 0.5) is 0 Å². The Morgan fingerprint density at radius 3 is 1.14 bits per heavy atom. The third-order valence-electron chi connectivity index (χ3n) is 9.66. The lowest BCUT2D eigenvalue weighted by Gasteiger charge is -2.23. The molecule has 286 valence electrons. The summed E-state index contributed by atoms with van der Waals surface area (Å²) in [5, 5.41) is 8.71. The molecule has 9 heteroatoms. The fourth-order valence-corrected chi connectivity index (χ4v) is 9.34. The number of hydrogen-bond acceptors (Lipinski definition) is 7. The van der Waals surface area contributed by atoms with Gasteiger partial charge in [0.15, 0.2) is 0 Å². The van der Waals surface area contributed by atoms with Gasteiger partial charge in [0.05, 0.1) is 6.61 Å². The van der Waals surface area contributed by atoms with Crippen LogP contribution in [-0.4, -0.2) is 6.26 Å². The first-order valence-electron chi connectivity index (χ1n) is 18.8. The van der Waals surface area contributed by atoms with E-state index in [9.17, 15) is 0 Å². The SMILES string of the molecule is CSc1cc(C)c(OP(Oc2ccc3ccccc3c2)Oc2ccc3ccccc3c2)c(COP(Oc2ccc3ccccc3c2)Oc2ccc3ccccc3c2)c1. The molecule has 0 N–H and O–H groups in total. The van der Waals surface area contributed by atoms with Crippen LogP contribution < -0.4 is 22.6 Å². The van der Waals surface area contributed by atoms with Gasteiger partial charge in [0.1, 0.15) is 28.7 Å². The lowest BCUT2D eigenvalue weighted by Crippen LogP contribution is -2.07. The molecular weight excluding hydrogens is 779 g/mol. The minimum Gasteiger partial charge on any atom is -0.418 e. The van der Waals surface area contributed by atoms with Crippen molar-refractivity contribution in [3.63, 3.8) is 0 Å². The van der Waals surface area contributed by atoms with E-state index in [4.69, 9.17) is 27.1 Å². The highest BCUT2D eigenvalue weighted by Crippen LogP contribution is 2.48. The van der Waals surface area contributed by atoms with Crippen LogP contribution >= 0.6 is 29.0 Å². The van der Waals surface area contributed by atoms with Crippen molar-refractivity contribution >= 4 is 72.1 Å². The van der Waals surface area contributed by atoms with Crippen molar-refractivity contribution in [1.29, 1.82) is 0 Å². The van der Waals surface area contributed by atoms with Crippen molar-refractivity contribution in [3.8, 4) is 28.7 Å². The first-order chi connectivity index (χ1) is 28.5. The third kappa shape index (κ3) is 8.84. The van der Waals surface area contributed by atoms with Gasteiger partial charge >= 0.3 is 17.2 Å². The molecule has 0 aliphatic rings. The van der Waals surface area contributed by atoms with Crippen LogP contribution in [0.25, 0.3) is 43.1 Å². The van der Waals surface area contributed by atoms with Gasteiger partial charge in [0.2, 0.25) is 0 Å². The van der Waals surface area contributed by atoms with E-state index in [0.29, 0.717) is 28.7 Å². The summed E-state index contributed by atoms with van der Waals surface area (Å²) in [5.74, 6) is 3.17. The lowest BCUT2D eigenvalue weighted by atomic mass is 10.1. The van der Waals surface area contributed by atoms with E-state index in [2.05, 4.69) is 66.9 Å². The molecular formula is C49H38O6P2S. The molecule has 0 bridgehead atoms. The molecule has 0 saturated carbocycles. The molecule has 0 spiro atoms. The van der Waals surface area contributed by atoms with Gasteiger partial charge in [-0.1, -0.05) is 121 Å². The fraction of sp³-hybridized carbons (Fsp3) is 0.0612. The van der Waals surface area contributed by atoms with Crippen LogP contribution in [0, 0.1) is 6.92 Å². The van der Waals surface area contributed by atoms with Crippen molar-refractivity contribution in [2.75, 3.05) is 6.26 Å². The second-order valence-corrected chi connectivity index (χ2v) is 16.6. The van der Waals surface area contributed by atoms with Crippen LogP contribution in [0.5, 0.6) is 28.7 Å². The number of rotatable bonds is 14. The first kappa shape index (κ1) is 37.7. The molecule has 0 atom stereocenters. The van der Waals surface area contributed by atoms with Crippen LogP contribution in [0.3, 0.4) is 0 Å². The summed E-state index contributed by atoms with van der Waals surface area (Å²) in [6, 6.07) is 60.9. The minimum absolute atomic E-state index is 0.132. The molecule has 0 saturated heterocycles. The molecule has 0 radical (unpaired) electrons. The second-order valence-electron chi connectivity index (χ2n) is 13.6. The highest BCUT2D eigenvalue weighted by molar-refractivity contribution is 7.98. The molecule has 0 aliphatic carbocycles. The Kier molecular flexibility index (Phi) is 11.3. The van der Waals surface area contributed by atoms with E-state index in [0.717, 1.165) is 59.1 Å². The summed E-state index contributed by atoms with van der Waals surface area (Å²) < 4.78 is 39.7. The van der Waals surface area contributed by atoms with E-state index >= 15 is 0 Å². The standard InChI is InChI=1S/C49H38O6P2S/c1-34-27-48(58-2)32-43(33-50-56(51-44-23-19-35-11-3-7-15-39(35)28-44)52-45-24-20-36-12-4-8-16-40(36)29-45)49(34)55-57(53-46-25-21-37-13-5-9-17-41(37)30-46)54-47-26-22-38-14-6-10-18-42(38)31-47/h3-32H,33H2,1-2H3. The summed E-state index contributed by atoms with van der Waals surface area (Å²) in [4.78, 5) is 1.06. The lowest BCUT2D eigenvalue weighted by molar-refractivity contribution is 0.253. The van der Waals surface area contributed by atoms with E-state index in [1.165, 1.54) is 0 Å². The van der Waals surface area contributed by atoms with Crippen molar-refractivity contribution in [2.45, 2.75) is 18.4 Å². The molecule has 0 aliphatic heterocycles. The van der Waals surface area contributed by atoms with Crippen molar-refractivity contribution in [1.82, 2.24) is 0 Å². The molecule has 0 amide bonds. The van der Waals surface area contributed by atoms with Crippen molar-refractivity contribution in [2.24, 2.45) is 0 Å². The van der Waals surface area contributed by atoms with Gasteiger partial charge in [-0.2, -0.15) is 0 Å². The topological polar surface area (TPSA) is 55.4 Å². The first-order valence-corrected chi connectivity index (χ1v) is 22.2. The number of thioether (sulfide) groups is 1.